The minimum Gasteiger partial charge on any atom is -0.497 e. The van der Waals surface area contributed by atoms with Crippen LogP contribution in [0.4, 0.5) is 5.69 Å². The minimum atomic E-state index is -0.968. The molecule has 21 heavy (non-hydrogen) atoms. The first-order valence-corrected chi connectivity index (χ1v) is 6.17. The number of carboxylic acid groups (broad SMARTS) is 1. The van der Waals surface area contributed by atoms with E-state index in [1.54, 1.807) is 6.92 Å². The van der Waals surface area contributed by atoms with Crippen LogP contribution in [0.5, 0.6) is 5.75 Å². The Morgan fingerprint density at radius 3 is 2.67 bits per heavy atom. The third kappa shape index (κ3) is 4.75. The Bertz CT molecular complexity index is 558. The van der Waals surface area contributed by atoms with Gasteiger partial charge in [0.05, 0.1) is 12.0 Å². The maximum atomic E-state index is 12.0. The fourth-order valence-corrected chi connectivity index (χ4v) is 1.72. The molecule has 1 unspecified atom stereocenters. The maximum absolute atomic E-state index is 12.0. The van der Waals surface area contributed by atoms with E-state index in [4.69, 9.17) is 9.84 Å². The Hall–Kier alpha value is -2.64. The van der Waals surface area contributed by atoms with Crippen molar-refractivity contribution in [3.63, 3.8) is 0 Å². The highest BCUT2D eigenvalue weighted by atomic mass is 16.6. The Morgan fingerprint density at radius 2 is 2.14 bits per heavy atom. The number of nitrogens with zero attached hydrogens (tertiary/aromatic N) is 1. The zero-order valence-corrected chi connectivity index (χ0v) is 11.7. The SMILES string of the molecule is COc1ccc([N+](=O)[O-])c(C(=O)NCC(C)CC(=O)O)c1. The van der Waals surface area contributed by atoms with Gasteiger partial charge in [0.2, 0.25) is 0 Å². The Labute approximate surface area is 120 Å². The summed E-state index contributed by atoms with van der Waals surface area (Å²) in [6.07, 6.45) is -0.0967. The maximum Gasteiger partial charge on any atom is 0.303 e. The van der Waals surface area contributed by atoms with Crippen molar-refractivity contribution in [2.24, 2.45) is 5.92 Å². The van der Waals surface area contributed by atoms with E-state index in [0.29, 0.717) is 5.75 Å². The number of hydrogen-bond acceptors (Lipinski definition) is 5. The van der Waals surface area contributed by atoms with Crippen LogP contribution in [0.3, 0.4) is 0 Å². The van der Waals surface area contributed by atoms with Gasteiger partial charge in [-0.15, -0.1) is 0 Å². The van der Waals surface area contributed by atoms with Gasteiger partial charge in [-0.1, -0.05) is 6.92 Å². The summed E-state index contributed by atoms with van der Waals surface area (Å²) in [7, 11) is 1.39. The van der Waals surface area contributed by atoms with Crippen LogP contribution >= 0.6 is 0 Å². The third-order valence-corrected chi connectivity index (χ3v) is 2.78. The third-order valence-electron chi connectivity index (χ3n) is 2.78. The lowest BCUT2D eigenvalue weighted by atomic mass is 10.1. The van der Waals surface area contributed by atoms with Gasteiger partial charge in [0.1, 0.15) is 11.3 Å². The first-order valence-electron chi connectivity index (χ1n) is 6.17. The molecule has 0 fully saturated rings. The van der Waals surface area contributed by atoms with Crippen molar-refractivity contribution in [3.8, 4) is 5.75 Å². The normalized spacial score (nSPS) is 11.5. The molecule has 1 aromatic rings. The summed E-state index contributed by atoms with van der Waals surface area (Å²) in [5.74, 6) is -1.57. The van der Waals surface area contributed by atoms with Crippen LogP contribution in [0.15, 0.2) is 18.2 Å². The van der Waals surface area contributed by atoms with Crippen LogP contribution in [0.2, 0.25) is 0 Å². The zero-order chi connectivity index (χ0) is 16.0. The molecular formula is C13H16N2O6. The molecule has 0 aliphatic carbocycles. The van der Waals surface area contributed by atoms with Gasteiger partial charge in [0.25, 0.3) is 11.6 Å². The van der Waals surface area contributed by atoms with Crippen molar-refractivity contribution >= 4 is 17.6 Å². The number of nitrogens with one attached hydrogen (secondary N) is 1. The average molecular weight is 296 g/mol. The zero-order valence-electron chi connectivity index (χ0n) is 11.7. The second kappa shape index (κ2) is 7.22. The Kier molecular flexibility index (Phi) is 5.65. The molecule has 1 rings (SSSR count). The summed E-state index contributed by atoms with van der Waals surface area (Å²) in [4.78, 5) is 32.8. The molecule has 1 atom stereocenters. The molecule has 1 aromatic carbocycles. The van der Waals surface area contributed by atoms with Crippen LogP contribution in [-0.4, -0.2) is 35.6 Å². The summed E-state index contributed by atoms with van der Waals surface area (Å²) in [6.45, 7) is 1.77. The van der Waals surface area contributed by atoms with Gasteiger partial charge >= 0.3 is 5.97 Å². The minimum absolute atomic E-state index is 0.0967. The second-order valence-electron chi connectivity index (χ2n) is 4.55. The first kappa shape index (κ1) is 16.4. The molecule has 0 radical (unpaired) electrons. The standard InChI is InChI=1S/C13H16N2O6/c1-8(5-12(16)17)7-14-13(18)10-6-9(21-2)3-4-11(10)15(19)20/h3-4,6,8H,5,7H2,1-2H3,(H,14,18)(H,16,17). The highest BCUT2D eigenvalue weighted by molar-refractivity contribution is 5.98. The van der Waals surface area contributed by atoms with Crippen molar-refractivity contribution in [1.82, 2.24) is 5.32 Å². The van der Waals surface area contributed by atoms with Gasteiger partial charge in [-0.05, 0) is 18.1 Å². The highest BCUT2D eigenvalue weighted by Gasteiger charge is 2.21. The van der Waals surface area contributed by atoms with Crippen LogP contribution in [-0.2, 0) is 4.79 Å². The van der Waals surface area contributed by atoms with E-state index < -0.39 is 16.8 Å². The molecule has 8 nitrogen and oxygen atoms in total. The van der Waals surface area contributed by atoms with Gasteiger partial charge in [-0.25, -0.2) is 0 Å². The van der Waals surface area contributed by atoms with Crippen LogP contribution in [0.25, 0.3) is 0 Å². The van der Waals surface area contributed by atoms with E-state index in [9.17, 15) is 19.7 Å². The van der Waals surface area contributed by atoms with E-state index >= 15 is 0 Å². The number of carboxylic acids is 1. The molecule has 0 aliphatic rings. The molecule has 0 aromatic heterocycles. The van der Waals surface area contributed by atoms with Crippen LogP contribution in [0.1, 0.15) is 23.7 Å². The lowest BCUT2D eigenvalue weighted by Gasteiger charge is -2.11. The van der Waals surface area contributed by atoms with Gasteiger partial charge in [0, 0.05) is 19.0 Å². The molecule has 1 amide bonds. The fraction of sp³-hybridized carbons (Fsp3) is 0.385. The number of benzene rings is 1. The van der Waals surface area contributed by atoms with Crippen LogP contribution < -0.4 is 10.1 Å². The predicted octanol–water partition coefficient (Wildman–Crippen LogP) is 1.44. The van der Waals surface area contributed by atoms with Gasteiger partial charge in [-0.3, -0.25) is 19.7 Å². The first-order chi connectivity index (χ1) is 9.85. The summed E-state index contributed by atoms with van der Waals surface area (Å²) >= 11 is 0. The van der Waals surface area contributed by atoms with Crippen molar-refractivity contribution < 1.29 is 24.4 Å². The molecule has 2 N–H and O–H groups in total. The molecule has 0 saturated heterocycles. The van der Waals surface area contributed by atoms with E-state index in [1.807, 2.05) is 0 Å². The molecule has 114 valence electrons. The van der Waals surface area contributed by atoms with Crippen molar-refractivity contribution in [2.75, 3.05) is 13.7 Å². The molecular weight excluding hydrogens is 280 g/mol. The number of rotatable bonds is 7. The lowest BCUT2D eigenvalue weighted by molar-refractivity contribution is -0.385. The average Bonchev–Trinajstić information content (AvgIpc) is 2.43. The van der Waals surface area contributed by atoms with Crippen molar-refractivity contribution in [1.29, 1.82) is 0 Å². The van der Waals surface area contributed by atoms with Crippen molar-refractivity contribution in [2.45, 2.75) is 13.3 Å². The largest absolute Gasteiger partial charge is 0.497 e. The Balaban J connectivity index is 2.85. The lowest BCUT2D eigenvalue weighted by Crippen LogP contribution is -2.29. The van der Waals surface area contributed by atoms with Gasteiger partial charge in [0.15, 0.2) is 0 Å². The number of nitro groups is 1. The summed E-state index contributed by atoms with van der Waals surface area (Å²) in [6, 6.07) is 3.85. The van der Waals surface area contributed by atoms with Crippen LogP contribution in [0, 0.1) is 16.0 Å². The quantitative estimate of drug-likeness (QED) is 0.580. The molecule has 0 heterocycles. The number of carbonyl (C=O) groups excluding carboxylic acids is 1. The van der Waals surface area contributed by atoms with Crippen molar-refractivity contribution in [3.05, 3.63) is 33.9 Å². The monoisotopic (exact) mass is 296 g/mol. The molecule has 0 bridgehead atoms. The number of methoxy groups -OCH3 is 1. The topological polar surface area (TPSA) is 119 Å². The number of aliphatic carboxylic acids is 1. The number of hydrogen-bond donors (Lipinski definition) is 2. The number of amides is 1. The van der Waals surface area contributed by atoms with E-state index in [1.165, 1.54) is 25.3 Å². The number of carbonyl (C=O) groups is 2. The molecule has 8 heteroatoms. The van der Waals surface area contributed by atoms with E-state index in [-0.39, 0.29) is 30.1 Å². The fourth-order valence-electron chi connectivity index (χ4n) is 1.72. The smallest absolute Gasteiger partial charge is 0.303 e. The molecule has 0 aliphatic heterocycles. The summed E-state index contributed by atoms with van der Waals surface area (Å²) in [5.41, 5.74) is -0.457. The molecule has 0 saturated carbocycles. The predicted molar refractivity (Wildman–Crippen MR) is 73.4 cm³/mol. The van der Waals surface area contributed by atoms with Gasteiger partial charge in [-0.2, -0.15) is 0 Å². The summed E-state index contributed by atoms with van der Waals surface area (Å²) < 4.78 is 4.94. The summed E-state index contributed by atoms with van der Waals surface area (Å²) in [5, 5.41) is 22.0. The number of ether oxygens (including phenoxy) is 1. The van der Waals surface area contributed by atoms with E-state index in [0.717, 1.165) is 0 Å². The highest BCUT2D eigenvalue weighted by Crippen LogP contribution is 2.23. The van der Waals surface area contributed by atoms with E-state index in [2.05, 4.69) is 5.32 Å². The van der Waals surface area contributed by atoms with Gasteiger partial charge < -0.3 is 15.2 Å². The molecule has 0 spiro atoms. The second-order valence-corrected chi connectivity index (χ2v) is 4.55. The number of nitro benzene ring substituents is 1. The Morgan fingerprint density at radius 1 is 1.48 bits per heavy atom.